The van der Waals surface area contributed by atoms with Gasteiger partial charge in [-0.3, -0.25) is 0 Å². The van der Waals surface area contributed by atoms with Crippen molar-refractivity contribution in [3.05, 3.63) is 64.1 Å². The van der Waals surface area contributed by atoms with Gasteiger partial charge in [0.25, 0.3) is 0 Å². The molecule has 0 fully saturated rings. The first-order valence-corrected chi connectivity index (χ1v) is 5.73. The third kappa shape index (κ3) is 4.06. The molecule has 0 unspecified atom stereocenters. The quantitative estimate of drug-likeness (QED) is 0.672. The van der Waals surface area contributed by atoms with Gasteiger partial charge in [0.05, 0.1) is 0 Å². The summed E-state index contributed by atoms with van der Waals surface area (Å²) in [5.41, 5.74) is 2.17. The first-order valence-electron chi connectivity index (χ1n) is 4.56. The minimum absolute atomic E-state index is 0.753. The molecule has 0 saturated heterocycles. The zero-order valence-corrected chi connectivity index (χ0v) is 10.8. The minimum atomic E-state index is 0.753. The predicted molar refractivity (Wildman–Crippen MR) is 71.9 cm³/mol. The smallest absolute Gasteiger partial charge is 0.0181 e. The molecule has 2 heteroatoms. The van der Waals surface area contributed by atoms with Gasteiger partial charge in [-0.05, 0) is 36.3 Å². The highest BCUT2D eigenvalue weighted by molar-refractivity contribution is 9.10. The van der Waals surface area contributed by atoms with Crippen LogP contribution >= 0.6 is 27.5 Å². The van der Waals surface area contributed by atoms with Crippen molar-refractivity contribution >= 4 is 33.1 Å². The predicted octanol–water partition coefficient (Wildman–Crippen LogP) is 5.16. The van der Waals surface area contributed by atoms with Crippen molar-refractivity contribution in [1.82, 2.24) is 0 Å². The van der Waals surface area contributed by atoms with Gasteiger partial charge in [0.15, 0.2) is 0 Å². The second-order valence-corrected chi connectivity index (χ2v) is 4.61. The summed E-state index contributed by atoms with van der Waals surface area (Å²) in [5.74, 6) is 0. The molecule has 0 aliphatic heterocycles. The van der Waals surface area contributed by atoms with Crippen molar-refractivity contribution < 1.29 is 0 Å². The summed E-state index contributed by atoms with van der Waals surface area (Å²) in [6.07, 6.45) is 5.62. The van der Waals surface area contributed by atoms with E-state index in [-0.39, 0.29) is 0 Å². The molecule has 15 heavy (non-hydrogen) atoms. The lowest BCUT2D eigenvalue weighted by atomic mass is 10.1. The summed E-state index contributed by atoms with van der Waals surface area (Å²) in [7, 11) is 0. The summed E-state index contributed by atoms with van der Waals surface area (Å²) in [6.45, 7) is 5.55. The average Bonchev–Trinajstić information content (AvgIpc) is 2.16. The van der Waals surface area contributed by atoms with E-state index in [2.05, 4.69) is 22.5 Å². The molecule has 0 aromatic heterocycles. The molecule has 1 aromatic carbocycles. The third-order valence-corrected chi connectivity index (χ3v) is 2.41. The summed E-state index contributed by atoms with van der Waals surface area (Å²) in [4.78, 5) is 0. The Morgan fingerprint density at radius 1 is 1.47 bits per heavy atom. The van der Waals surface area contributed by atoms with Crippen LogP contribution in [0.5, 0.6) is 0 Å². The highest BCUT2D eigenvalue weighted by Gasteiger charge is 1.98. The lowest BCUT2D eigenvalue weighted by Crippen LogP contribution is -1.81. The van der Waals surface area contributed by atoms with E-state index in [4.69, 9.17) is 11.6 Å². The fraction of sp³-hybridized carbons (Fsp3) is 0.0769. The van der Waals surface area contributed by atoms with E-state index in [1.165, 1.54) is 0 Å². The van der Waals surface area contributed by atoms with Gasteiger partial charge in [-0.15, -0.1) is 0 Å². The number of hydrogen-bond acceptors (Lipinski definition) is 0. The van der Waals surface area contributed by atoms with Crippen LogP contribution in [0.15, 0.2) is 58.6 Å². The summed E-state index contributed by atoms with van der Waals surface area (Å²) in [6, 6.07) is 8.07. The van der Waals surface area contributed by atoms with Gasteiger partial charge < -0.3 is 0 Å². The number of allylic oxidation sites excluding steroid dienone is 5. The Bertz CT molecular complexity index is 412. The molecule has 0 heterocycles. The van der Waals surface area contributed by atoms with Crippen molar-refractivity contribution in [3.8, 4) is 0 Å². The maximum Gasteiger partial charge on any atom is 0.0181 e. The Kier molecular flexibility index (Phi) is 4.86. The fourth-order valence-corrected chi connectivity index (χ4v) is 1.75. The average molecular weight is 284 g/mol. The highest BCUT2D eigenvalue weighted by atomic mass is 79.9. The highest BCUT2D eigenvalue weighted by Crippen LogP contribution is 2.22. The van der Waals surface area contributed by atoms with Crippen LogP contribution in [-0.4, -0.2) is 0 Å². The summed E-state index contributed by atoms with van der Waals surface area (Å²) < 4.78 is 1.05. The van der Waals surface area contributed by atoms with Crippen molar-refractivity contribution in [2.75, 3.05) is 0 Å². The van der Waals surface area contributed by atoms with Crippen molar-refractivity contribution in [1.29, 1.82) is 0 Å². The molecule has 0 aliphatic rings. The minimum Gasteiger partial charge on any atom is -0.0990 e. The van der Waals surface area contributed by atoms with Gasteiger partial charge in [0.1, 0.15) is 0 Å². The standard InChI is InChI=1S/C13H12BrCl/c1-3-5-11(8-10(2)15)12-6-4-7-13(14)9-12/h3-9H,1H2,2H3/b10-8+,11-5+. The lowest BCUT2D eigenvalue weighted by Gasteiger charge is -2.03. The van der Waals surface area contributed by atoms with Gasteiger partial charge >= 0.3 is 0 Å². The molecule has 0 aliphatic carbocycles. The first-order chi connectivity index (χ1) is 7.13. The van der Waals surface area contributed by atoms with Crippen LogP contribution in [0.2, 0.25) is 0 Å². The van der Waals surface area contributed by atoms with Crippen molar-refractivity contribution in [3.63, 3.8) is 0 Å². The van der Waals surface area contributed by atoms with Crippen LogP contribution in [0.4, 0.5) is 0 Å². The zero-order chi connectivity index (χ0) is 11.3. The molecule has 0 saturated carbocycles. The molecular formula is C13H12BrCl. The molecule has 0 nitrogen and oxygen atoms in total. The largest absolute Gasteiger partial charge is 0.0990 e. The molecule has 1 aromatic rings. The van der Waals surface area contributed by atoms with Crippen molar-refractivity contribution in [2.45, 2.75) is 6.92 Å². The van der Waals surface area contributed by atoms with E-state index in [0.717, 1.165) is 20.6 Å². The Morgan fingerprint density at radius 2 is 2.20 bits per heavy atom. The fourth-order valence-electron chi connectivity index (χ4n) is 1.24. The van der Waals surface area contributed by atoms with Crippen LogP contribution in [0.1, 0.15) is 12.5 Å². The Labute approximate surface area is 104 Å². The van der Waals surface area contributed by atoms with E-state index in [1.807, 2.05) is 43.3 Å². The maximum absolute atomic E-state index is 5.87. The van der Waals surface area contributed by atoms with Gasteiger partial charge in [-0.2, -0.15) is 0 Å². The topological polar surface area (TPSA) is 0 Å². The summed E-state index contributed by atoms with van der Waals surface area (Å²) >= 11 is 9.31. The van der Waals surface area contributed by atoms with Crippen LogP contribution in [-0.2, 0) is 0 Å². The van der Waals surface area contributed by atoms with Gasteiger partial charge in [-0.25, -0.2) is 0 Å². The Morgan fingerprint density at radius 3 is 2.73 bits per heavy atom. The SMILES string of the molecule is C=C/C=C(\C=C(/C)Cl)c1cccc(Br)c1. The van der Waals surface area contributed by atoms with Crippen LogP contribution in [0.25, 0.3) is 5.57 Å². The molecular weight excluding hydrogens is 272 g/mol. The Balaban J connectivity index is 3.16. The summed E-state index contributed by atoms with van der Waals surface area (Å²) in [5, 5.41) is 0.753. The molecule has 0 N–H and O–H groups in total. The second kappa shape index (κ2) is 5.94. The Hall–Kier alpha value is -0.790. The number of halogens is 2. The second-order valence-electron chi connectivity index (χ2n) is 3.10. The number of benzene rings is 1. The lowest BCUT2D eigenvalue weighted by molar-refractivity contribution is 1.56. The number of rotatable bonds is 3. The van der Waals surface area contributed by atoms with E-state index >= 15 is 0 Å². The maximum atomic E-state index is 5.87. The molecule has 0 atom stereocenters. The van der Waals surface area contributed by atoms with Crippen molar-refractivity contribution in [2.24, 2.45) is 0 Å². The van der Waals surface area contributed by atoms with Gasteiger partial charge in [-0.1, -0.05) is 58.4 Å². The zero-order valence-electron chi connectivity index (χ0n) is 8.50. The van der Waals surface area contributed by atoms with Gasteiger partial charge in [0.2, 0.25) is 0 Å². The molecule has 0 amide bonds. The number of hydrogen-bond donors (Lipinski definition) is 0. The first kappa shape index (κ1) is 12.3. The molecule has 78 valence electrons. The van der Waals surface area contributed by atoms with E-state index < -0.39 is 0 Å². The molecule has 0 spiro atoms. The monoisotopic (exact) mass is 282 g/mol. The van der Waals surface area contributed by atoms with Crippen LogP contribution < -0.4 is 0 Å². The van der Waals surface area contributed by atoms with Crippen LogP contribution in [0.3, 0.4) is 0 Å². The molecule has 0 bridgehead atoms. The normalized spacial score (nSPS) is 12.7. The van der Waals surface area contributed by atoms with E-state index in [1.54, 1.807) is 6.08 Å². The van der Waals surface area contributed by atoms with Crippen LogP contribution in [0, 0.1) is 0 Å². The molecule has 1 rings (SSSR count). The van der Waals surface area contributed by atoms with E-state index in [0.29, 0.717) is 0 Å². The molecule has 0 radical (unpaired) electrons. The third-order valence-electron chi connectivity index (χ3n) is 1.81. The van der Waals surface area contributed by atoms with E-state index in [9.17, 15) is 0 Å². The van der Waals surface area contributed by atoms with Gasteiger partial charge in [0, 0.05) is 9.51 Å².